The van der Waals surface area contributed by atoms with Gasteiger partial charge < -0.3 is 14.4 Å². The summed E-state index contributed by atoms with van der Waals surface area (Å²) in [5.74, 6) is 0.843. The van der Waals surface area contributed by atoms with Crippen LogP contribution in [0.5, 0.6) is 0 Å². The zero-order chi connectivity index (χ0) is 20.2. The van der Waals surface area contributed by atoms with Crippen LogP contribution in [-0.4, -0.2) is 65.2 Å². The first-order chi connectivity index (χ1) is 14.2. The van der Waals surface area contributed by atoms with Crippen molar-refractivity contribution < 1.29 is 14.3 Å². The molecule has 2 aliphatic heterocycles. The Hall–Kier alpha value is -2.65. The van der Waals surface area contributed by atoms with Gasteiger partial charge in [-0.05, 0) is 37.6 Å². The second-order valence-electron chi connectivity index (χ2n) is 6.65. The highest BCUT2D eigenvalue weighted by atomic mass is 32.2. The number of rotatable bonds is 5. The van der Waals surface area contributed by atoms with Crippen molar-refractivity contribution in [1.29, 1.82) is 0 Å². The zero-order valence-corrected chi connectivity index (χ0v) is 17.3. The molecule has 8 nitrogen and oxygen atoms in total. The number of morpholine rings is 1. The predicted molar refractivity (Wildman–Crippen MR) is 112 cm³/mol. The van der Waals surface area contributed by atoms with Crippen LogP contribution >= 0.6 is 11.8 Å². The number of thioether (sulfide) groups is 1. The number of hydrogen-bond acceptors (Lipinski definition) is 8. The lowest BCUT2D eigenvalue weighted by molar-refractivity contribution is -0.137. The highest BCUT2D eigenvalue weighted by Gasteiger charge is 2.24. The van der Waals surface area contributed by atoms with Crippen molar-refractivity contribution in [3.05, 3.63) is 41.2 Å². The minimum absolute atomic E-state index is 0.309. The van der Waals surface area contributed by atoms with Gasteiger partial charge in [-0.3, -0.25) is 0 Å². The fourth-order valence-corrected chi connectivity index (χ4v) is 4.07. The highest BCUT2D eigenvalue weighted by molar-refractivity contribution is 7.99. The Labute approximate surface area is 173 Å². The van der Waals surface area contributed by atoms with Crippen molar-refractivity contribution in [2.75, 3.05) is 43.6 Å². The van der Waals surface area contributed by atoms with Crippen molar-refractivity contribution in [3.63, 3.8) is 0 Å². The average molecular weight is 414 g/mol. The molecule has 0 amide bonds. The number of fused-ring (bicyclic) bond motifs is 1. The maximum Gasteiger partial charge on any atom is 0.340 e. The highest BCUT2D eigenvalue weighted by Crippen LogP contribution is 2.25. The van der Waals surface area contributed by atoms with Gasteiger partial charge >= 0.3 is 5.97 Å². The van der Waals surface area contributed by atoms with Gasteiger partial charge in [0, 0.05) is 24.5 Å². The maximum atomic E-state index is 12.7. The SMILES string of the molecule is CCOC(=O)/C(=C\c1ccc(N2CCOCC2)cc1)C1=Nn2c(C)nnc2SC1. The molecule has 0 unspecified atom stereocenters. The Morgan fingerprint density at radius 3 is 2.72 bits per heavy atom. The molecule has 1 fully saturated rings. The van der Waals surface area contributed by atoms with E-state index < -0.39 is 0 Å². The molecule has 0 spiro atoms. The molecule has 0 bridgehead atoms. The Morgan fingerprint density at radius 1 is 1.24 bits per heavy atom. The Kier molecular flexibility index (Phi) is 5.96. The van der Waals surface area contributed by atoms with Gasteiger partial charge in [-0.1, -0.05) is 23.9 Å². The molecular weight excluding hydrogens is 390 g/mol. The fraction of sp³-hybridized carbons (Fsp3) is 0.400. The van der Waals surface area contributed by atoms with E-state index >= 15 is 0 Å². The van der Waals surface area contributed by atoms with Crippen LogP contribution in [0.4, 0.5) is 5.69 Å². The second kappa shape index (κ2) is 8.79. The second-order valence-corrected chi connectivity index (χ2v) is 7.59. The Bertz CT molecular complexity index is 946. The van der Waals surface area contributed by atoms with Gasteiger partial charge in [0.25, 0.3) is 0 Å². The van der Waals surface area contributed by atoms with Crippen LogP contribution < -0.4 is 4.90 Å². The van der Waals surface area contributed by atoms with Crippen molar-refractivity contribution in [3.8, 4) is 0 Å². The molecule has 3 heterocycles. The fourth-order valence-electron chi connectivity index (χ4n) is 3.20. The smallest absolute Gasteiger partial charge is 0.340 e. The maximum absolute atomic E-state index is 12.7. The third kappa shape index (κ3) is 4.35. The first kappa shape index (κ1) is 19.7. The normalized spacial score (nSPS) is 17.0. The molecule has 152 valence electrons. The number of aromatic nitrogens is 3. The Morgan fingerprint density at radius 2 is 2.00 bits per heavy atom. The zero-order valence-electron chi connectivity index (χ0n) is 16.5. The average Bonchev–Trinajstić information content (AvgIpc) is 3.13. The monoisotopic (exact) mass is 413 g/mol. The summed E-state index contributed by atoms with van der Waals surface area (Å²) in [6, 6.07) is 8.16. The molecule has 4 rings (SSSR count). The summed E-state index contributed by atoms with van der Waals surface area (Å²) in [5.41, 5.74) is 3.18. The lowest BCUT2D eigenvalue weighted by atomic mass is 10.1. The standard InChI is InChI=1S/C20H23N5O3S/c1-3-28-19(26)17(18-13-29-20-22-21-14(2)25(20)23-18)12-15-4-6-16(7-5-15)24-8-10-27-11-9-24/h4-7,12H,3,8-11,13H2,1-2H3/b17-12-. The number of nitrogens with zero attached hydrogens (tertiary/aromatic N) is 5. The largest absolute Gasteiger partial charge is 0.462 e. The molecule has 0 aliphatic carbocycles. The van der Waals surface area contributed by atoms with E-state index in [9.17, 15) is 4.79 Å². The van der Waals surface area contributed by atoms with Gasteiger partial charge in [0.15, 0.2) is 5.82 Å². The van der Waals surface area contributed by atoms with Crippen LogP contribution in [0.3, 0.4) is 0 Å². The van der Waals surface area contributed by atoms with E-state index in [4.69, 9.17) is 9.47 Å². The van der Waals surface area contributed by atoms with E-state index in [-0.39, 0.29) is 5.97 Å². The van der Waals surface area contributed by atoms with Gasteiger partial charge in [0.1, 0.15) is 0 Å². The first-order valence-electron chi connectivity index (χ1n) is 9.60. The number of esters is 1. The molecule has 1 aromatic carbocycles. The number of carbonyl (C=O) groups is 1. The third-order valence-corrected chi connectivity index (χ3v) is 5.64. The van der Waals surface area contributed by atoms with E-state index in [1.54, 1.807) is 11.6 Å². The molecular formula is C20H23N5O3S. The summed E-state index contributed by atoms with van der Waals surface area (Å²) in [5, 5.41) is 13.5. The summed E-state index contributed by atoms with van der Waals surface area (Å²) in [6.45, 7) is 7.21. The number of aryl methyl sites for hydroxylation is 1. The third-order valence-electron chi connectivity index (χ3n) is 4.71. The number of hydrogen-bond donors (Lipinski definition) is 0. The van der Waals surface area contributed by atoms with E-state index in [0.29, 0.717) is 29.5 Å². The van der Waals surface area contributed by atoms with Crippen molar-refractivity contribution in [2.45, 2.75) is 19.0 Å². The summed E-state index contributed by atoms with van der Waals surface area (Å²) >= 11 is 1.50. The number of carbonyl (C=O) groups excluding carboxylic acids is 1. The number of ether oxygens (including phenoxy) is 2. The molecule has 9 heteroatoms. The number of anilines is 1. The van der Waals surface area contributed by atoms with Crippen molar-refractivity contribution in [2.24, 2.45) is 5.10 Å². The van der Waals surface area contributed by atoms with Gasteiger partial charge in [-0.2, -0.15) is 9.78 Å². The molecule has 0 saturated carbocycles. The molecule has 2 aromatic rings. The summed E-state index contributed by atoms with van der Waals surface area (Å²) < 4.78 is 12.4. The minimum Gasteiger partial charge on any atom is -0.462 e. The number of benzene rings is 1. The van der Waals surface area contributed by atoms with Crippen LogP contribution in [0.2, 0.25) is 0 Å². The summed E-state index contributed by atoms with van der Waals surface area (Å²) in [4.78, 5) is 14.9. The van der Waals surface area contributed by atoms with Gasteiger partial charge in [-0.15, -0.1) is 10.2 Å². The first-order valence-corrected chi connectivity index (χ1v) is 10.6. The lowest BCUT2D eigenvalue weighted by Gasteiger charge is -2.28. The summed E-state index contributed by atoms with van der Waals surface area (Å²) in [6.07, 6.45) is 1.84. The molecule has 0 N–H and O–H groups in total. The van der Waals surface area contributed by atoms with Crippen molar-refractivity contribution in [1.82, 2.24) is 14.9 Å². The van der Waals surface area contributed by atoms with E-state index in [1.807, 2.05) is 25.1 Å². The van der Waals surface area contributed by atoms with E-state index in [0.717, 1.165) is 42.7 Å². The molecule has 2 aliphatic rings. The van der Waals surface area contributed by atoms with Crippen LogP contribution in [0, 0.1) is 6.92 Å². The van der Waals surface area contributed by atoms with E-state index in [1.165, 1.54) is 11.8 Å². The van der Waals surface area contributed by atoms with Crippen LogP contribution in [0.15, 0.2) is 40.1 Å². The summed E-state index contributed by atoms with van der Waals surface area (Å²) in [7, 11) is 0. The molecule has 1 saturated heterocycles. The van der Waals surface area contributed by atoms with E-state index in [2.05, 4.69) is 32.3 Å². The van der Waals surface area contributed by atoms with Crippen molar-refractivity contribution >= 4 is 35.2 Å². The lowest BCUT2D eigenvalue weighted by Crippen LogP contribution is -2.36. The van der Waals surface area contributed by atoms with Gasteiger partial charge in [0.2, 0.25) is 5.16 Å². The van der Waals surface area contributed by atoms with Crippen LogP contribution in [0.25, 0.3) is 6.08 Å². The Balaban J connectivity index is 1.63. The topological polar surface area (TPSA) is 81.8 Å². The van der Waals surface area contributed by atoms with Gasteiger partial charge in [-0.25, -0.2) is 4.79 Å². The predicted octanol–water partition coefficient (Wildman–Crippen LogP) is 2.38. The van der Waals surface area contributed by atoms with Gasteiger partial charge in [0.05, 0.1) is 31.1 Å². The molecule has 0 radical (unpaired) electrons. The molecule has 29 heavy (non-hydrogen) atoms. The molecule has 0 atom stereocenters. The minimum atomic E-state index is -0.377. The quantitative estimate of drug-likeness (QED) is 0.550. The molecule has 1 aromatic heterocycles. The van der Waals surface area contributed by atoms with Crippen LogP contribution in [0.1, 0.15) is 18.3 Å². The van der Waals surface area contributed by atoms with Crippen LogP contribution in [-0.2, 0) is 14.3 Å².